The van der Waals surface area contributed by atoms with E-state index in [4.69, 9.17) is 9.63 Å². The van der Waals surface area contributed by atoms with Gasteiger partial charge in [-0.3, -0.25) is 9.69 Å². The fourth-order valence-corrected chi connectivity index (χ4v) is 2.62. The second kappa shape index (κ2) is 4.87. The average molecular weight is 238 g/mol. The molecular weight excluding hydrogens is 220 g/mol. The number of hydrogen-bond donors (Lipinski definition) is 1. The highest BCUT2D eigenvalue weighted by Gasteiger charge is 2.32. The molecule has 0 radical (unpaired) electrons. The Labute approximate surface area is 100 Å². The first-order valence-electron chi connectivity index (χ1n) is 6.04. The second-order valence-electron chi connectivity index (χ2n) is 4.47. The molecule has 1 saturated heterocycles. The summed E-state index contributed by atoms with van der Waals surface area (Å²) in [5, 5.41) is 12.9. The maximum absolute atomic E-state index is 10.8. The van der Waals surface area contributed by atoms with E-state index >= 15 is 0 Å². The van der Waals surface area contributed by atoms with Crippen molar-refractivity contribution < 1.29 is 14.4 Å². The van der Waals surface area contributed by atoms with E-state index in [9.17, 15) is 4.79 Å². The summed E-state index contributed by atoms with van der Waals surface area (Å²) < 4.78 is 5.23. The van der Waals surface area contributed by atoms with Gasteiger partial charge in [0.2, 0.25) is 0 Å². The third kappa shape index (κ3) is 2.34. The first-order chi connectivity index (χ1) is 8.13. The van der Waals surface area contributed by atoms with E-state index in [1.165, 1.54) is 0 Å². The van der Waals surface area contributed by atoms with Crippen LogP contribution in [0.3, 0.4) is 0 Å². The van der Waals surface area contributed by atoms with Crippen molar-refractivity contribution in [1.29, 1.82) is 0 Å². The summed E-state index contributed by atoms with van der Waals surface area (Å²) in [6.45, 7) is 4.87. The minimum atomic E-state index is -0.774. The molecular formula is C12H18N2O3. The number of rotatable bonds is 4. The van der Waals surface area contributed by atoms with Gasteiger partial charge < -0.3 is 9.63 Å². The van der Waals surface area contributed by atoms with Crippen molar-refractivity contribution in [3.63, 3.8) is 0 Å². The van der Waals surface area contributed by atoms with Crippen molar-refractivity contribution in [3.8, 4) is 0 Å². The first kappa shape index (κ1) is 12.1. The zero-order valence-corrected chi connectivity index (χ0v) is 10.3. The highest BCUT2D eigenvalue weighted by atomic mass is 16.5. The summed E-state index contributed by atoms with van der Waals surface area (Å²) in [6, 6.07) is 0.160. The number of aromatic nitrogens is 1. The Balaban J connectivity index is 2.25. The highest BCUT2D eigenvalue weighted by molar-refractivity contribution is 5.69. The van der Waals surface area contributed by atoms with Crippen LogP contribution in [-0.2, 0) is 11.2 Å². The molecule has 1 aromatic heterocycles. The quantitative estimate of drug-likeness (QED) is 0.865. The van der Waals surface area contributed by atoms with E-state index in [-0.39, 0.29) is 12.6 Å². The molecule has 0 aliphatic carbocycles. The lowest BCUT2D eigenvalue weighted by molar-refractivity contribution is -0.138. The van der Waals surface area contributed by atoms with E-state index in [1.807, 2.05) is 18.7 Å². The van der Waals surface area contributed by atoms with Crippen LogP contribution >= 0.6 is 0 Å². The van der Waals surface area contributed by atoms with Crippen LogP contribution in [0.5, 0.6) is 0 Å². The van der Waals surface area contributed by atoms with Crippen LogP contribution < -0.4 is 0 Å². The molecule has 0 spiro atoms. The molecule has 1 atom stereocenters. The number of hydrogen-bond acceptors (Lipinski definition) is 4. The standard InChI is InChI=1S/C12H18N2O3/c1-3-9-12(8(2)17-13-9)10-5-4-6-14(10)7-11(15)16/h10H,3-7H2,1-2H3,(H,15,16)/t10-/m1/s1. The molecule has 2 heterocycles. The summed E-state index contributed by atoms with van der Waals surface area (Å²) in [5.41, 5.74) is 2.07. The number of carboxylic acids is 1. The number of aliphatic carboxylic acids is 1. The number of aryl methyl sites for hydroxylation is 2. The third-order valence-corrected chi connectivity index (χ3v) is 3.35. The van der Waals surface area contributed by atoms with E-state index in [1.54, 1.807) is 0 Å². The molecule has 0 saturated carbocycles. The van der Waals surface area contributed by atoms with Crippen LogP contribution in [0.2, 0.25) is 0 Å². The predicted molar refractivity (Wildman–Crippen MR) is 61.8 cm³/mol. The fraction of sp³-hybridized carbons (Fsp3) is 0.667. The normalized spacial score (nSPS) is 20.9. The van der Waals surface area contributed by atoms with Crippen molar-refractivity contribution in [2.45, 2.75) is 39.2 Å². The van der Waals surface area contributed by atoms with E-state index in [0.717, 1.165) is 42.8 Å². The third-order valence-electron chi connectivity index (χ3n) is 3.35. The molecule has 1 aromatic rings. The highest BCUT2D eigenvalue weighted by Crippen LogP contribution is 2.35. The maximum Gasteiger partial charge on any atom is 0.317 e. The van der Waals surface area contributed by atoms with Gasteiger partial charge in [-0.05, 0) is 32.7 Å². The van der Waals surface area contributed by atoms with E-state index in [0.29, 0.717) is 0 Å². The smallest absolute Gasteiger partial charge is 0.317 e. The minimum Gasteiger partial charge on any atom is -0.480 e. The number of carbonyl (C=O) groups is 1. The molecule has 2 rings (SSSR count). The fourth-order valence-electron chi connectivity index (χ4n) is 2.62. The predicted octanol–water partition coefficient (Wildman–Crippen LogP) is 1.77. The van der Waals surface area contributed by atoms with Crippen molar-refractivity contribution in [2.75, 3.05) is 13.1 Å². The molecule has 0 amide bonds. The lowest BCUT2D eigenvalue weighted by Gasteiger charge is -2.22. The molecule has 17 heavy (non-hydrogen) atoms. The van der Waals surface area contributed by atoms with Crippen LogP contribution in [-0.4, -0.2) is 34.2 Å². The van der Waals surface area contributed by atoms with Crippen molar-refractivity contribution >= 4 is 5.97 Å². The van der Waals surface area contributed by atoms with E-state index in [2.05, 4.69) is 5.16 Å². The average Bonchev–Trinajstić information content (AvgIpc) is 2.83. The van der Waals surface area contributed by atoms with Crippen molar-refractivity contribution in [1.82, 2.24) is 10.1 Å². The molecule has 5 heteroatoms. The summed E-state index contributed by atoms with van der Waals surface area (Å²) in [7, 11) is 0. The Morgan fingerprint density at radius 1 is 1.65 bits per heavy atom. The molecule has 1 aliphatic heterocycles. The van der Waals surface area contributed by atoms with Gasteiger partial charge in [0, 0.05) is 11.6 Å². The van der Waals surface area contributed by atoms with Gasteiger partial charge in [0.15, 0.2) is 0 Å². The zero-order chi connectivity index (χ0) is 12.4. The van der Waals surface area contributed by atoms with Gasteiger partial charge in [0.1, 0.15) is 5.76 Å². The Bertz CT molecular complexity index is 414. The van der Waals surface area contributed by atoms with Gasteiger partial charge in [-0.15, -0.1) is 0 Å². The summed E-state index contributed by atoms with van der Waals surface area (Å²) in [4.78, 5) is 12.8. The van der Waals surface area contributed by atoms with Crippen LogP contribution in [0, 0.1) is 6.92 Å². The Kier molecular flexibility index (Phi) is 3.47. The summed E-state index contributed by atoms with van der Waals surface area (Å²) in [6.07, 6.45) is 2.85. The second-order valence-corrected chi connectivity index (χ2v) is 4.47. The van der Waals surface area contributed by atoms with Crippen LogP contribution in [0.1, 0.15) is 42.8 Å². The zero-order valence-electron chi connectivity index (χ0n) is 10.3. The van der Waals surface area contributed by atoms with Gasteiger partial charge in [0.25, 0.3) is 0 Å². The van der Waals surface area contributed by atoms with Gasteiger partial charge in [-0.1, -0.05) is 12.1 Å². The lowest BCUT2D eigenvalue weighted by Crippen LogP contribution is -2.29. The van der Waals surface area contributed by atoms with Crippen LogP contribution in [0.15, 0.2) is 4.52 Å². The minimum absolute atomic E-state index is 0.0957. The molecule has 0 unspecified atom stereocenters. The van der Waals surface area contributed by atoms with E-state index < -0.39 is 5.97 Å². The summed E-state index contributed by atoms with van der Waals surface area (Å²) in [5.74, 6) is 0.0493. The molecule has 0 bridgehead atoms. The largest absolute Gasteiger partial charge is 0.480 e. The first-order valence-corrected chi connectivity index (χ1v) is 6.04. The van der Waals surface area contributed by atoms with Gasteiger partial charge in [-0.25, -0.2) is 0 Å². The van der Waals surface area contributed by atoms with Gasteiger partial charge in [0.05, 0.1) is 12.2 Å². The lowest BCUT2D eigenvalue weighted by atomic mass is 10.0. The van der Waals surface area contributed by atoms with Crippen molar-refractivity contribution in [3.05, 3.63) is 17.0 Å². The molecule has 1 N–H and O–H groups in total. The Morgan fingerprint density at radius 3 is 3.06 bits per heavy atom. The summed E-state index contributed by atoms with van der Waals surface area (Å²) >= 11 is 0. The Hall–Kier alpha value is -1.36. The monoisotopic (exact) mass is 238 g/mol. The van der Waals surface area contributed by atoms with Crippen LogP contribution in [0.25, 0.3) is 0 Å². The maximum atomic E-state index is 10.8. The van der Waals surface area contributed by atoms with Crippen molar-refractivity contribution in [2.24, 2.45) is 0 Å². The molecule has 1 aliphatic rings. The molecule has 5 nitrogen and oxygen atoms in total. The Morgan fingerprint density at radius 2 is 2.41 bits per heavy atom. The number of nitrogens with zero attached hydrogens (tertiary/aromatic N) is 2. The molecule has 1 fully saturated rings. The topological polar surface area (TPSA) is 66.6 Å². The molecule has 94 valence electrons. The molecule has 0 aromatic carbocycles. The van der Waals surface area contributed by atoms with Gasteiger partial charge in [-0.2, -0.15) is 0 Å². The number of carboxylic acid groups (broad SMARTS) is 1. The van der Waals surface area contributed by atoms with Crippen LogP contribution in [0.4, 0.5) is 0 Å². The van der Waals surface area contributed by atoms with Gasteiger partial charge >= 0.3 is 5.97 Å². The SMILES string of the molecule is CCc1noc(C)c1[C@H]1CCCN1CC(=O)O. The number of likely N-dealkylation sites (tertiary alicyclic amines) is 1.